The Morgan fingerprint density at radius 2 is 1.85 bits per heavy atom. The molecule has 2 rings (SSSR count). The number of nitrogens with one attached hydrogen (secondary N) is 1. The zero-order valence-corrected chi connectivity index (χ0v) is 17.0. The van der Waals surface area contributed by atoms with Crippen LogP contribution in [-0.4, -0.2) is 46.8 Å². The van der Waals surface area contributed by atoms with E-state index in [1.165, 1.54) is 0 Å². The van der Waals surface area contributed by atoms with Gasteiger partial charge in [-0.25, -0.2) is 4.79 Å². The molecule has 1 N–H and O–H groups in total. The van der Waals surface area contributed by atoms with Crippen LogP contribution in [0.5, 0.6) is 0 Å². The van der Waals surface area contributed by atoms with Gasteiger partial charge in [0.15, 0.2) is 0 Å². The van der Waals surface area contributed by atoms with Gasteiger partial charge in [-0.15, -0.1) is 0 Å². The van der Waals surface area contributed by atoms with Crippen LogP contribution in [0, 0.1) is 6.92 Å². The third kappa shape index (κ3) is 4.31. The van der Waals surface area contributed by atoms with Gasteiger partial charge in [0, 0.05) is 12.6 Å². The van der Waals surface area contributed by atoms with Gasteiger partial charge in [-0.3, -0.25) is 14.5 Å². The highest BCUT2D eigenvalue weighted by molar-refractivity contribution is 6.09. The Kier molecular flexibility index (Phi) is 6.63. The zero-order valence-electron chi connectivity index (χ0n) is 17.0. The van der Waals surface area contributed by atoms with Crippen LogP contribution in [0.1, 0.15) is 58.1 Å². The Bertz CT molecular complexity index is 701. The molecular formula is C21H31N3O3. The average molecular weight is 373 g/mol. The van der Waals surface area contributed by atoms with Crippen LogP contribution < -0.4 is 5.32 Å². The van der Waals surface area contributed by atoms with Crippen molar-refractivity contribution in [3.63, 3.8) is 0 Å². The van der Waals surface area contributed by atoms with Crippen molar-refractivity contribution in [3.8, 4) is 0 Å². The average Bonchev–Trinajstić information content (AvgIpc) is 2.86. The van der Waals surface area contributed by atoms with Crippen molar-refractivity contribution < 1.29 is 14.4 Å². The first-order valence-electron chi connectivity index (χ1n) is 9.75. The molecule has 1 aliphatic heterocycles. The summed E-state index contributed by atoms with van der Waals surface area (Å²) < 4.78 is 0. The quantitative estimate of drug-likeness (QED) is 0.712. The number of nitrogens with zero attached hydrogens (tertiary/aromatic N) is 2. The van der Waals surface area contributed by atoms with Crippen LogP contribution in [0.4, 0.5) is 4.79 Å². The third-order valence-corrected chi connectivity index (χ3v) is 5.39. The molecule has 1 fully saturated rings. The fraction of sp³-hybridized carbons (Fsp3) is 0.571. The number of rotatable bonds is 8. The molecule has 27 heavy (non-hydrogen) atoms. The fourth-order valence-corrected chi connectivity index (χ4v) is 3.29. The number of benzene rings is 1. The molecule has 4 amide bonds. The molecule has 6 heteroatoms. The van der Waals surface area contributed by atoms with E-state index in [0.29, 0.717) is 12.1 Å². The minimum atomic E-state index is -1.14. The molecule has 2 atom stereocenters. The fourth-order valence-electron chi connectivity index (χ4n) is 3.29. The standard InChI is InChI=1S/C21H31N3O3/c1-6-8-13-23(16(4)7-2)18(25)14-24-19(26)21(5,22-20(24)27)17-11-9-15(3)10-12-17/h9-12,16H,6-8,13-14H2,1-5H3,(H,22,27)/t16-,21-/m1/s1. The summed E-state index contributed by atoms with van der Waals surface area (Å²) in [6.45, 7) is 10.2. The summed E-state index contributed by atoms with van der Waals surface area (Å²) in [5, 5.41) is 2.76. The summed E-state index contributed by atoms with van der Waals surface area (Å²) in [6.07, 6.45) is 2.71. The molecule has 6 nitrogen and oxygen atoms in total. The normalized spacial score (nSPS) is 20.6. The van der Waals surface area contributed by atoms with Crippen LogP contribution in [0.15, 0.2) is 24.3 Å². The molecule has 1 aliphatic rings. The summed E-state index contributed by atoms with van der Waals surface area (Å²) in [7, 11) is 0. The number of carbonyl (C=O) groups is 3. The van der Waals surface area contributed by atoms with Gasteiger partial charge in [-0.2, -0.15) is 0 Å². The Hall–Kier alpha value is -2.37. The lowest BCUT2D eigenvalue weighted by Gasteiger charge is -2.30. The van der Waals surface area contributed by atoms with Crippen LogP contribution in [0.3, 0.4) is 0 Å². The molecule has 0 aromatic heterocycles. The Morgan fingerprint density at radius 1 is 1.22 bits per heavy atom. The number of urea groups is 1. The number of imide groups is 1. The molecule has 1 saturated heterocycles. The van der Waals surface area contributed by atoms with Gasteiger partial charge in [0.1, 0.15) is 12.1 Å². The Balaban J connectivity index is 2.18. The lowest BCUT2D eigenvalue weighted by Crippen LogP contribution is -2.47. The van der Waals surface area contributed by atoms with Gasteiger partial charge in [-0.1, -0.05) is 50.1 Å². The molecule has 0 aliphatic carbocycles. The van der Waals surface area contributed by atoms with Gasteiger partial charge in [0.05, 0.1) is 0 Å². The maximum atomic E-state index is 13.0. The van der Waals surface area contributed by atoms with Gasteiger partial charge < -0.3 is 10.2 Å². The molecule has 1 aromatic carbocycles. The number of carbonyl (C=O) groups excluding carboxylic acids is 3. The predicted molar refractivity (Wildman–Crippen MR) is 105 cm³/mol. The maximum absolute atomic E-state index is 13.0. The first-order chi connectivity index (χ1) is 12.7. The van der Waals surface area contributed by atoms with Crippen LogP contribution >= 0.6 is 0 Å². The molecular weight excluding hydrogens is 342 g/mol. The molecule has 0 bridgehead atoms. The van der Waals surface area contributed by atoms with E-state index >= 15 is 0 Å². The van der Waals surface area contributed by atoms with Gasteiger partial charge in [-0.05, 0) is 39.2 Å². The summed E-state index contributed by atoms with van der Waals surface area (Å²) in [5.74, 6) is -0.571. The Labute approximate surface area is 161 Å². The molecule has 0 radical (unpaired) electrons. The molecule has 148 valence electrons. The number of aryl methyl sites for hydroxylation is 1. The van der Waals surface area contributed by atoms with Crippen LogP contribution in [-0.2, 0) is 15.1 Å². The van der Waals surface area contributed by atoms with Crippen molar-refractivity contribution in [1.29, 1.82) is 0 Å². The van der Waals surface area contributed by atoms with Crippen molar-refractivity contribution in [3.05, 3.63) is 35.4 Å². The number of unbranched alkanes of at least 4 members (excludes halogenated alkanes) is 1. The molecule has 0 spiro atoms. The summed E-state index contributed by atoms with van der Waals surface area (Å²) >= 11 is 0. The van der Waals surface area contributed by atoms with E-state index in [9.17, 15) is 14.4 Å². The summed E-state index contributed by atoms with van der Waals surface area (Å²) in [6, 6.07) is 7.05. The van der Waals surface area contributed by atoms with E-state index in [2.05, 4.69) is 12.2 Å². The number of hydrogen-bond acceptors (Lipinski definition) is 3. The van der Waals surface area contributed by atoms with Gasteiger partial charge >= 0.3 is 6.03 Å². The molecule has 0 saturated carbocycles. The number of hydrogen-bond donors (Lipinski definition) is 1. The highest BCUT2D eigenvalue weighted by Gasteiger charge is 2.49. The third-order valence-electron chi connectivity index (χ3n) is 5.39. The minimum Gasteiger partial charge on any atom is -0.338 e. The second kappa shape index (κ2) is 8.55. The summed E-state index contributed by atoms with van der Waals surface area (Å²) in [5.41, 5.74) is 0.646. The minimum absolute atomic E-state index is 0.0771. The van der Waals surface area contributed by atoms with E-state index in [1.807, 2.05) is 45.0 Å². The van der Waals surface area contributed by atoms with Crippen molar-refractivity contribution in [1.82, 2.24) is 15.1 Å². The van der Waals surface area contributed by atoms with Gasteiger partial charge in [0.2, 0.25) is 5.91 Å². The second-order valence-electron chi connectivity index (χ2n) is 7.51. The van der Waals surface area contributed by atoms with Crippen LogP contribution in [0.2, 0.25) is 0 Å². The molecule has 0 unspecified atom stereocenters. The maximum Gasteiger partial charge on any atom is 0.325 e. The predicted octanol–water partition coefficient (Wildman–Crippen LogP) is 3.19. The SMILES string of the molecule is CCCCN(C(=O)CN1C(=O)N[C@](C)(c2ccc(C)cc2)C1=O)[C@H](C)CC. The van der Waals surface area contributed by atoms with E-state index in [0.717, 1.165) is 29.7 Å². The highest BCUT2D eigenvalue weighted by atomic mass is 16.2. The van der Waals surface area contributed by atoms with Crippen molar-refractivity contribution >= 4 is 17.8 Å². The molecule has 1 heterocycles. The van der Waals surface area contributed by atoms with E-state index in [-0.39, 0.29) is 24.4 Å². The number of amides is 4. The zero-order chi connectivity index (χ0) is 20.2. The summed E-state index contributed by atoms with van der Waals surface area (Å²) in [4.78, 5) is 41.2. The van der Waals surface area contributed by atoms with Crippen LogP contribution in [0.25, 0.3) is 0 Å². The van der Waals surface area contributed by atoms with Crippen molar-refractivity contribution in [2.45, 2.75) is 65.5 Å². The van der Waals surface area contributed by atoms with Gasteiger partial charge in [0.25, 0.3) is 5.91 Å². The first kappa shape index (κ1) is 20.9. The van der Waals surface area contributed by atoms with Crippen molar-refractivity contribution in [2.24, 2.45) is 0 Å². The smallest absolute Gasteiger partial charge is 0.325 e. The van der Waals surface area contributed by atoms with E-state index in [4.69, 9.17) is 0 Å². The van der Waals surface area contributed by atoms with E-state index in [1.54, 1.807) is 11.8 Å². The lowest BCUT2D eigenvalue weighted by molar-refractivity contribution is -0.140. The van der Waals surface area contributed by atoms with E-state index < -0.39 is 11.6 Å². The van der Waals surface area contributed by atoms with Crippen molar-refractivity contribution in [2.75, 3.05) is 13.1 Å². The first-order valence-corrected chi connectivity index (χ1v) is 9.75. The second-order valence-corrected chi connectivity index (χ2v) is 7.51. The topological polar surface area (TPSA) is 69.7 Å². The monoisotopic (exact) mass is 373 g/mol. The largest absolute Gasteiger partial charge is 0.338 e. The highest BCUT2D eigenvalue weighted by Crippen LogP contribution is 2.29. The Morgan fingerprint density at radius 3 is 2.41 bits per heavy atom. The molecule has 1 aromatic rings. The lowest BCUT2D eigenvalue weighted by atomic mass is 9.91.